The Kier molecular flexibility index (Phi) is 5.46. The van der Waals surface area contributed by atoms with E-state index in [4.69, 9.17) is 15.2 Å². The molecule has 0 radical (unpaired) electrons. The van der Waals surface area contributed by atoms with Gasteiger partial charge >= 0.3 is 0 Å². The van der Waals surface area contributed by atoms with E-state index < -0.39 is 31.1 Å². The van der Waals surface area contributed by atoms with Crippen LogP contribution in [0.15, 0.2) is 35.7 Å². The third-order valence-electron chi connectivity index (χ3n) is 4.73. The number of rotatable bonds is 6. The molecule has 0 unspecified atom stereocenters. The van der Waals surface area contributed by atoms with Crippen molar-refractivity contribution in [2.24, 2.45) is 5.10 Å². The van der Waals surface area contributed by atoms with Gasteiger partial charge in [0.2, 0.25) is 5.95 Å². The zero-order chi connectivity index (χ0) is 21.3. The largest absolute Gasteiger partial charge is 0.497 e. The Morgan fingerprint density at radius 3 is 2.70 bits per heavy atom. The third-order valence-corrected chi connectivity index (χ3v) is 4.73. The fourth-order valence-corrected chi connectivity index (χ4v) is 3.14. The van der Waals surface area contributed by atoms with E-state index in [0.717, 1.165) is 11.3 Å². The second-order valence-electron chi connectivity index (χ2n) is 6.63. The molecule has 1 aromatic carbocycles. The van der Waals surface area contributed by atoms with Crippen molar-refractivity contribution in [2.75, 3.05) is 24.9 Å². The standard InChI is InChI=1S/C18H21N7O5/c1-29-10-4-2-9(3-5-10)6-21-24-18-22-15(19)12-16(23-18)25(8-20-12)17-14(28)13(27)11(7-26)30-17/h2-6,8,11,13-14,17,26-28H,7H2,1H3,(H3,19,22,23,24)/t11-,13-,14-,17-/m1/s1. The van der Waals surface area contributed by atoms with Crippen LogP contribution in [0, 0.1) is 0 Å². The number of imidazole rings is 1. The van der Waals surface area contributed by atoms with Gasteiger partial charge in [-0.3, -0.25) is 4.57 Å². The average Bonchev–Trinajstić information content (AvgIpc) is 3.30. The smallest absolute Gasteiger partial charge is 0.247 e. The van der Waals surface area contributed by atoms with Gasteiger partial charge in [0, 0.05) is 0 Å². The van der Waals surface area contributed by atoms with Gasteiger partial charge in [-0.25, -0.2) is 10.4 Å². The van der Waals surface area contributed by atoms with E-state index in [-0.39, 0.29) is 17.4 Å². The quantitative estimate of drug-likeness (QED) is 0.260. The number of hydrogen-bond acceptors (Lipinski definition) is 11. The Bertz CT molecular complexity index is 1060. The first kappa shape index (κ1) is 20.0. The molecule has 6 N–H and O–H groups in total. The van der Waals surface area contributed by atoms with E-state index >= 15 is 0 Å². The number of aliphatic hydroxyl groups excluding tert-OH is 3. The number of nitrogens with zero attached hydrogens (tertiary/aromatic N) is 5. The summed E-state index contributed by atoms with van der Waals surface area (Å²) in [6, 6.07) is 7.28. The van der Waals surface area contributed by atoms with Crippen molar-refractivity contribution in [2.45, 2.75) is 24.5 Å². The van der Waals surface area contributed by atoms with Crippen molar-refractivity contribution in [3.63, 3.8) is 0 Å². The molecule has 0 bridgehead atoms. The number of hydrogen-bond donors (Lipinski definition) is 5. The van der Waals surface area contributed by atoms with E-state index in [0.29, 0.717) is 5.52 Å². The van der Waals surface area contributed by atoms with Gasteiger partial charge in [0.15, 0.2) is 17.7 Å². The summed E-state index contributed by atoms with van der Waals surface area (Å²) in [4.78, 5) is 12.6. The summed E-state index contributed by atoms with van der Waals surface area (Å²) in [5.41, 5.74) is 10.1. The van der Waals surface area contributed by atoms with Gasteiger partial charge < -0.3 is 30.5 Å². The predicted octanol–water partition coefficient (Wildman–Crippen LogP) is -0.525. The van der Waals surface area contributed by atoms with Gasteiger partial charge in [0.1, 0.15) is 29.6 Å². The van der Waals surface area contributed by atoms with Gasteiger partial charge in [-0.15, -0.1) is 0 Å². The van der Waals surface area contributed by atoms with Crippen LogP contribution in [-0.2, 0) is 4.74 Å². The Labute approximate surface area is 170 Å². The minimum Gasteiger partial charge on any atom is -0.497 e. The van der Waals surface area contributed by atoms with Gasteiger partial charge in [0.05, 0.1) is 26.3 Å². The first-order valence-electron chi connectivity index (χ1n) is 9.07. The molecule has 4 rings (SSSR count). The lowest BCUT2D eigenvalue weighted by atomic mass is 10.1. The Morgan fingerprint density at radius 1 is 1.27 bits per heavy atom. The van der Waals surface area contributed by atoms with Crippen LogP contribution in [0.5, 0.6) is 5.75 Å². The second kappa shape index (κ2) is 8.20. The van der Waals surface area contributed by atoms with Crippen LogP contribution >= 0.6 is 0 Å². The van der Waals surface area contributed by atoms with Crippen molar-refractivity contribution < 1.29 is 24.8 Å². The third kappa shape index (κ3) is 3.64. The molecule has 1 fully saturated rings. The molecule has 0 spiro atoms. The van der Waals surface area contributed by atoms with Crippen LogP contribution in [0.1, 0.15) is 11.8 Å². The first-order valence-corrected chi connectivity index (χ1v) is 9.07. The normalized spacial score (nSPS) is 24.0. The number of aliphatic hydroxyl groups is 3. The highest BCUT2D eigenvalue weighted by atomic mass is 16.6. The summed E-state index contributed by atoms with van der Waals surface area (Å²) in [6.45, 7) is -0.439. The fourth-order valence-electron chi connectivity index (χ4n) is 3.14. The first-order chi connectivity index (χ1) is 14.5. The van der Waals surface area contributed by atoms with Crippen molar-refractivity contribution >= 4 is 29.1 Å². The number of nitrogens with two attached hydrogens (primary N) is 1. The molecule has 12 nitrogen and oxygen atoms in total. The lowest BCUT2D eigenvalue weighted by Crippen LogP contribution is -2.33. The van der Waals surface area contributed by atoms with Gasteiger partial charge in [-0.1, -0.05) is 0 Å². The maximum Gasteiger partial charge on any atom is 0.247 e. The van der Waals surface area contributed by atoms with Crippen molar-refractivity contribution in [3.8, 4) is 5.75 Å². The molecule has 0 aliphatic carbocycles. The number of fused-ring (bicyclic) bond motifs is 1. The van der Waals surface area contributed by atoms with E-state index in [9.17, 15) is 15.3 Å². The molecule has 158 valence electrons. The molecule has 30 heavy (non-hydrogen) atoms. The molecule has 3 heterocycles. The van der Waals surface area contributed by atoms with Crippen molar-refractivity contribution in [1.82, 2.24) is 19.5 Å². The number of nitrogen functional groups attached to an aromatic ring is 1. The van der Waals surface area contributed by atoms with E-state index in [1.54, 1.807) is 25.5 Å². The number of methoxy groups -OCH3 is 1. The summed E-state index contributed by atoms with van der Waals surface area (Å²) < 4.78 is 12.1. The SMILES string of the molecule is COc1ccc(C=NNc2nc(N)c3ncn([C@@H]4O[C@H](CO)[C@@H](O)[C@H]4O)c3n2)cc1. The zero-order valence-electron chi connectivity index (χ0n) is 16.0. The van der Waals surface area contributed by atoms with E-state index in [1.165, 1.54) is 10.9 Å². The van der Waals surface area contributed by atoms with Gasteiger partial charge in [-0.2, -0.15) is 15.1 Å². The molecule has 1 aliphatic heterocycles. The predicted molar refractivity (Wildman–Crippen MR) is 107 cm³/mol. The number of aromatic nitrogens is 4. The molecule has 12 heteroatoms. The topological polar surface area (TPSA) is 173 Å². The van der Waals surface area contributed by atoms with Crippen molar-refractivity contribution in [1.29, 1.82) is 0 Å². The summed E-state index contributed by atoms with van der Waals surface area (Å²) in [5, 5.41) is 33.7. The molecule has 2 aromatic heterocycles. The number of ether oxygens (including phenoxy) is 2. The highest BCUT2D eigenvalue weighted by Crippen LogP contribution is 2.32. The van der Waals surface area contributed by atoms with Gasteiger partial charge in [-0.05, 0) is 29.8 Å². The van der Waals surface area contributed by atoms with E-state index in [2.05, 4.69) is 25.5 Å². The Morgan fingerprint density at radius 2 is 2.03 bits per heavy atom. The maximum absolute atomic E-state index is 10.3. The summed E-state index contributed by atoms with van der Waals surface area (Å²) >= 11 is 0. The average molecular weight is 415 g/mol. The molecule has 4 atom stereocenters. The van der Waals surface area contributed by atoms with Crippen LogP contribution in [0.25, 0.3) is 11.2 Å². The number of nitrogens with one attached hydrogen (secondary N) is 1. The Hall–Kier alpha value is -3.32. The minimum absolute atomic E-state index is 0.104. The zero-order valence-corrected chi connectivity index (χ0v) is 16.0. The summed E-state index contributed by atoms with van der Waals surface area (Å²) in [5.74, 6) is 0.950. The number of benzene rings is 1. The number of hydrazone groups is 1. The molecule has 1 aliphatic rings. The number of anilines is 2. The molecule has 0 amide bonds. The van der Waals surface area contributed by atoms with Crippen LogP contribution in [-0.4, -0.2) is 73.1 Å². The van der Waals surface area contributed by atoms with E-state index in [1.807, 2.05) is 12.1 Å². The molecule has 1 saturated heterocycles. The molecular weight excluding hydrogens is 394 g/mol. The van der Waals surface area contributed by atoms with Crippen molar-refractivity contribution in [3.05, 3.63) is 36.2 Å². The highest BCUT2D eigenvalue weighted by Gasteiger charge is 2.44. The fraction of sp³-hybridized carbons (Fsp3) is 0.333. The maximum atomic E-state index is 10.3. The molecule has 3 aromatic rings. The van der Waals surface area contributed by atoms with Crippen LogP contribution in [0.4, 0.5) is 11.8 Å². The highest BCUT2D eigenvalue weighted by molar-refractivity contribution is 5.83. The summed E-state index contributed by atoms with van der Waals surface area (Å²) in [6.07, 6.45) is -1.49. The lowest BCUT2D eigenvalue weighted by molar-refractivity contribution is -0.0511. The van der Waals surface area contributed by atoms with Gasteiger partial charge in [0.25, 0.3) is 0 Å². The van der Waals surface area contributed by atoms with Crippen LogP contribution in [0.2, 0.25) is 0 Å². The van der Waals surface area contributed by atoms with Crippen LogP contribution in [0.3, 0.4) is 0 Å². The second-order valence-corrected chi connectivity index (χ2v) is 6.63. The Balaban J connectivity index is 1.58. The monoisotopic (exact) mass is 415 g/mol. The lowest BCUT2D eigenvalue weighted by Gasteiger charge is -2.16. The minimum atomic E-state index is -1.28. The molecule has 0 saturated carbocycles. The molecular formula is C18H21N7O5. The summed E-state index contributed by atoms with van der Waals surface area (Å²) in [7, 11) is 1.59. The van der Waals surface area contributed by atoms with Crippen LogP contribution < -0.4 is 15.9 Å².